The average Bonchev–Trinajstić information content (AvgIpc) is 3.24. The fraction of sp³-hybridized carbons (Fsp3) is 0.298. The van der Waals surface area contributed by atoms with Gasteiger partial charge < -0.3 is 40.6 Å². The van der Waals surface area contributed by atoms with E-state index in [9.17, 15) is 28.7 Å². The van der Waals surface area contributed by atoms with E-state index in [1.165, 1.54) is 0 Å². The molecule has 1 heterocycles. The molecule has 2 amide bonds. The van der Waals surface area contributed by atoms with Crippen molar-refractivity contribution in [3.8, 4) is 0 Å². The molecule has 320 valence electrons. The largest absolute Gasteiger partial charge is 0.394 e. The zero-order valence-corrected chi connectivity index (χ0v) is 32.3. The molecule has 0 saturated carbocycles. The number of Topliss-reactive ketones (excluding diaryl/α,β-unsaturated/α-hetero) is 1. The van der Waals surface area contributed by atoms with Gasteiger partial charge in [0.2, 0.25) is 0 Å². The van der Waals surface area contributed by atoms with Crippen molar-refractivity contribution in [2.75, 3.05) is 40.0 Å². The Labute approximate surface area is 352 Å². The van der Waals surface area contributed by atoms with Gasteiger partial charge in [-0.3, -0.25) is 18.9 Å². The van der Waals surface area contributed by atoms with Crippen LogP contribution < -0.4 is 5.73 Å². The number of likely N-dealkylation sites (tertiary alicyclic amines) is 1. The summed E-state index contributed by atoms with van der Waals surface area (Å²) in [5.41, 5.74) is 3.00. The smallest absolute Gasteiger partial charge is 0.340 e. The van der Waals surface area contributed by atoms with Crippen LogP contribution in [0.25, 0.3) is 32.3 Å². The lowest BCUT2D eigenvalue weighted by atomic mass is 9.91. The van der Waals surface area contributed by atoms with Crippen molar-refractivity contribution >= 4 is 57.5 Å². The van der Waals surface area contributed by atoms with Gasteiger partial charge in [0.1, 0.15) is 5.66 Å². The number of carbonyl (C=O) groups is 3. The highest BCUT2D eigenvalue weighted by molar-refractivity contribution is 7.53. The van der Waals surface area contributed by atoms with E-state index in [0.29, 0.717) is 42.3 Å². The first kappa shape index (κ1) is 49.1. The first-order chi connectivity index (χ1) is 27.3. The summed E-state index contributed by atoms with van der Waals surface area (Å²) < 4.78 is 13.1. The topological polar surface area (TPSA) is 202 Å². The van der Waals surface area contributed by atoms with Crippen LogP contribution in [0.3, 0.4) is 0 Å². The van der Waals surface area contributed by atoms with Gasteiger partial charge in [-0.25, -0.2) is 0 Å². The Morgan fingerprint density at radius 2 is 1.18 bits per heavy atom. The summed E-state index contributed by atoms with van der Waals surface area (Å²) in [5, 5.41) is 29.8. The number of benzene rings is 6. The van der Waals surface area contributed by atoms with Crippen molar-refractivity contribution in [1.82, 2.24) is 9.80 Å². The zero-order valence-electron chi connectivity index (χ0n) is 31.4. The summed E-state index contributed by atoms with van der Waals surface area (Å²) in [5.74, 6) is -1.30. The molecule has 1 aliphatic heterocycles. The minimum absolute atomic E-state index is 0. The van der Waals surface area contributed by atoms with Crippen LogP contribution in [0.4, 0.5) is 0 Å². The maximum Gasteiger partial charge on any atom is 0.340 e. The maximum absolute atomic E-state index is 14.4. The second kappa shape index (κ2) is 20.8. The number of fused-ring (bicyclic) bond motifs is 3. The van der Waals surface area contributed by atoms with Crippen LogP contribution in [-0.4, -0.2) is 104 Å². The molecule has 60 heavy (non-hydrogen) atoms. The third kappa shape index (κ3) is 10.5. The van der Waals surface area contributed by atoms with Gasteiger partial charge in [0.15, 0.2) is 5.78 Å². The van der Waals surface area contributed by atoms with E-state index in [1.54, 1.807) is 59.3 Å². The van der Waals surface area contributed by atoms with Crippen LogP contribution >= 0.6 is 7.60 Å². The van der Waals surface area contributed by atoms with Gasteiger partial charge in [0, 0.05) is 37.3 Å². The molecular formula is C47H58N3O9P. The molecule has 0 aromatic heterocycles. The Morgan fingerprint density at radius 1 is 0.700 bits per heavy atom. The minimum atomic E-state index is -5.05. The van der Waals surface area contributed by atoms with Gasteiger partial charge in [-0.15, -0.1) is 0 Å². The molecule has 0 spiro atoms. The number of aliphatic hydroxyl groups is 3. The minimum Gasteiger partial charge on any atom is -0.394 e. The number of piperidine rings is 1. The highest BCUT2D eigenvalue weighted by atomic mass is 31.2. The summed E-state index contributed by atoms with van der Waals surface area (Å²) in [6.45, 7) is -0.294. The van der Waals surface area contributed by atoms with Crippen molar-refractivity contribution in [2.45, 2.75) is 52.4 Å². The Kier molecular flexibility index (Phi) is 17.0. The number of nitrogens with two attached hydrogens (primary N) is 1. The summed E-state index contributed by atoms with van der Waals surface area (Å²) in [4.78, 5) is 66.8. The van der Waals surface area contributed by atoms with Gasteiger partial charge in [-0.2, -0.15) is 0 Å². The quantitative estimate of drug-likeness (QED) is 0.0606. The average molecular weight is 840 g/mol. The fourth-order valence-electron chi connectivity index (χ4n) is 7.20. The van der Waals surface area contributed by atoms with Crippen molar-refractivity contribution in [1.29, 1.82) is 0 Å². The predicted molar refractivity (Wildman–Crippen MR) is 240 cm³/mol. The summed E-state index contributed by atoms with van der Waals surface area (Å²) >= 11 is 0. The zero-order chi connectivity index (χ0) is 40.9. The molecule has 13 heteroatoms. The standard InChI is InChI=1S/C40H35N2O6P.C4H11NO3.3CH4/c1-41(32-19-21-42(22-20-32)39(44)31-18-17-26-9-2-3-11-28(26)23-31)40(45)36-25-30-13-5-4-12-29(30)24-35(36)37(43)38(49(46,47)48)34-16-8-14-27-10-6-7-15-33(27)34;5-4(1-6,2-7)3-8;;;/h2-18,23-25,32,38H,19-22H2,1H3,(H2,46,47,48);6-8H,1-3,5H2;3*1H4. The molecule has 1 fully saturated rings. The number of rotatable bonds is 10. The summed E-state index contributed by atoms with van der Waals surface area (Å²) in [6, 6.07) is 36.0. The number of aliphatic hydroxyl groups excluding tert-OH is 3. The van der Waals surface area contributed by atoms with Crippen LogP contribution in [0.15, 0.2) is 121 Å². The number of nitrogens with zero attached hydrogens (tertiary/aromatic N) is 2. The molecule has 6 aromatic carbocycles. The molecule has 12 nitrogen and oxygen atoms in total. The maximum atomic E-state index is 14.4. The lowest BCUT2D eigenvalue weighted by molar-refractivity contribution is 0.0567. The molecule has 1 atom stereocenters. The molecule has 1 saturated heterocycles. The SMILES string of the molecule is C.C.C.CN(C(=O)c1cc2ccccc2cc1C(=O)C(c1cccc2ccccc12)P(=O)(O)O)C1CCN(C(=O)c2ccc3ccccc3c2)CC1.NC(CO)(CO)CO. The van der Waals surface area contributed by atoms with Crippen LogP contribution in [0, 0.1) is 0 Å². The Balaban J connectivity index is 0.000000796. The van der Waals surface area contributed by atoms with E-state index >= 15 is 0 Å². The third-order valence-electron chi connectivity index (χ3n) is 10.6. The number of amides is 2. The molecule has 7 N–H and O–H groups in total. The van der Waals surface area contributed by atoms with E-state index in [-0.39, 0.29) is 50.9 Å². The van der Waals surface area contributed by atoms with E-state index in [0.717, 1.165) is 21.5 Å². The summed E-state index contributed by atoms with van der Waals surface area (Å²) in [6.07, 6.45) is 1.08. The number of carbonyl (C=O) groups excluding carboxylic acids is 3. The van der Waals surface area contributed by atoms with E-state index in [1.807, 2.05) is 78.9 Å². The second-order valence-corrected chi connectivity index (χ2v) is 16.2. The van der Waals surface area contributed by atoms with Crippen molar-refractivity contribution in [2.24, 2.45) is 5.73 Å². The van der Waals surface area contributed by atoms with E-state index in [4.69, 9.17) is 21.1 Å². The van der Waals surface area contributed by atoms with Gasteiger partial charge in [0.05, 0.1) is 30.9 Å². The Bertz CT molecular complexity index is 2460. The molecule has 1 unspecified atom stereocenters. The number of ketones is 1. The van der Waals surface area contributed by atoms with Crippen LogP contribution in [0.5, 0.6) is 0 Å². The van der Waals surface area contributed by atoms with Gasteiger partial charge in [-0.05, 0) is 75.0 Å². The predicted octanol–water partition coefficient (Wildman–Crippen LogP) is 7.19. The first-order valence-electron chi connectivity index (χ1n) is 18.5. The normalized spacial score (nSPS) is 13.6. The van der Waals surface area contributed by atoms with Gasteiger partial charge >= 0.3 is 7.60 Å². The van der Waals surface area contributed by atoms with Crippen LogP contribution in [0.1, 0.15) is 77.4 Å². The highest BCUT2D eigenvalue weighted by Crippen LogP contribution is 2.55. The molecule has 0 aliphatic carbocycles. The fourth-order valence-corrected chi connectivity index (χ4v) is 8.23. The van der Waals surface area contributed by atoms with E-state index < -0.39 is 50.3 Å². The molecule has 6 aromatic rings. The second-order valence-electron chi connectivity index (χ2n) is 14.5. The molecule has 7 rings (SSSR count). The van der Waals surface area contributed by atoms with Crippen LogP contribution in [-0.2, 0) is 4.57 Å². The van der Waals surface area contributed by atoms with Crippen molar-refractivity contribution < 1.29 is 44.1 Å². The molecular weight excluding hydrogens is 782 g/mol. The monoisotopic (exact) mass is 839 g/mol. The lowest BCUT2D eigenvalue weighted by Gasteiger charge is -2.37. The summed E-state index contributed by atoms with van der Waals surface area (Å²) in [7, 11) is -3.37. The highest BCUT2D eigenvalue weighted by Gasteiger charge is 2.41. The molecule has 0 radical (unpaired) electrons. The lowest BCUT2D eigenvalue weighted by Crippen LogP contribution is -2.50. The van der Waals surface area contributed by atoms with Crippen LogP contribution in [0.2, 0.25) is 0 Å². The number of hydrogen-bond donors (Lipinski definition) is 6. The Hall–Kier alpha value is -5.30. The van der Waals surface area contributed by atoms with Gasteiger partial charge in [0.25, 0.3) is 11.8 Å². The molecule has 1 aliphatic rings. The molecule has 0 bridgehead atoms. The number of hydrogen-bond acceptors (Lipinski definition) is 8. The first-order valence-corrected chi connectivity index (χ1v) is 20.2. The van der Waals surface area contributed by atoms with Crippen molar-refractivity contribution in [3.63, 3.8) is 0 Å². The van der Waals surface area contributed by atoms with Gasteiger partial charge in [-0.1, -0.05) is 119 Å². The third-order valence-corrected chi connectivity index (χ3v) is 11.8. The Morgan fingerprint density at radius 3 is 1.72 bits per heavy atom. The van der Waals surface area contributed by atoms with E-state index in [2.05, 4.69) is 0 Å². The van der Waals surface area contributed by atoms with Crippen molar-refractivity contribution in [3.05, 3.63) is 144 Å².